The van der Waals surface area contributed by atoms with Gasteiger partial charge in [-0.05, 0) is 95.2 Å². The summed E-state index contributed by atoms with van der Waals surface area (Å²) in [6.45, 7) is 16.2. The Morgan fingerprint density at radius 1 is 0.800 bits per heavy atom. The van der Waals surface area contributed by atoms with Crippen molar-refractivity contribution in [1.29, 1.82) is 0 Å². The fourth-order valence-corrected chi connectivity index (χ4v) is 6.55. The first-order chi connectivity index (χ1) is 16.5. The maximum Gasteiger partial charge on any atom is 0.216 e. The molecule has 1 aliphatic rings. The second-order valence-corrected chi connectivity index (χ2v) is 12.2. The lowest BCUT2D eigenvalue weighted by Gasteiger charge is -2.42. The number of benzene rings is 3. The quantitative estimate of drug-likeness (QED) is 0.228. The predicted octanol–water partition coefficient (Wildman–Crippen LogP) is 8.50. The molecule has 0 N–H and O–H groups in total. The van der Waals surface area contributed by atoms with Gasteiger partial charge >= 0.3 is 0 Å². The van der Waals surface area contributed by atoms with E-state index < -0.39 is 0 Å². The van der Waals surface area contributed by atoms with Gasteiger partial charge in [0.25, 0.3) is 0 Å². The summed E-state index contributed by atoms with van der Waals surface area (Å²) in [4.78, 5) is 0. The third-order valence-corrected chi connectivity index (χ3v) is 8.62. The highest BCUT2D eigenvalue weighted by Crippen LogP contribution is 2.49. The fourth-order valence-electron chi connectivity index (χ4n) is 6.55. The van der Waals surface area contributed by atoms with Gasteiger partial charge in [0.2, 0.25) is 5.69 Å². The van der Waals surface area contributed by atoms with Crippen molar-refractivity contribution in [2.75, 3.05) is 0 Å². The van der Waals surface area contributed by atoms with Crippen LogP contribution in [0.1, 0.15) is 68.4 Å². The number of aryl methyl sites for hydroxylation is 4. The van der Waals surface area contributed by atoms with Gasteiger partial charge in [0.15, 0.2) is 6.20 Å². The molecule has 35 heavy (non-hydrogen) atoms. The molecule has 0 fully saturated rings. The Balaban J connectivity index is 1.74. The molecule has 2 heteroatoms. The summed E-state index contributed by atoms with van der Waals surface area (Å²) >= 11 is 0. The number of fused-ring (bicyclic) bond motifs is 6. The molecule has 1 aliphatic carbocycles. The van der Waals surface area contributed by atoms with Gasteiger partial charge in [-0.3, -0.25) is 0 Å². The van der Waals surface area contributed by atoms with E-state index in [2.05, 4.69) is 109 Å². The number of hydrogen-bond donors (Lipinski definition) is 0. The van der Waals surface area contributed by atoms with Crippen LogP contribution >= 0.6 is 0 Å². The van der Waals surface area contributed by atoms with Crippen LogP contribution in [-0.4, -0.2) is 0 Å². The van der Waals surface area contributed by atoms with Gasteiger partial charge in [0.05, 0.1) is 5.56 Å². The number of nitrogens with zero attached hydrogens (tertiary/aromatic N) is 1. The first kappa shape index (κ1) is 22.3. The summed E-state index contributed by atoms with van der Waals surface area (Å²) in [7, 11) is 2.12. The fraction of sp³-hybridized carbons (Fsp3) is 0.364. The molecule has 2 heterocycles. The van der Waals surface area contributed by atoms with Crippen molar-refractivity contribution in [3.05, 3.63) is 76.5 Å². The van der Waals surface area contributed by atoms with Crippen LogP contribution < -0.4 is 4.57 Å². The molecule has 0 atom stereocenters. The molecule has 0 saturated carbocycles. The summed E-state index contributed by atoms with van der Waals surface area (Å²) in [5, 5.41) is 5.12. The van der Waals surface area contributed by atoms with Crippen LogP contribution in [0.5, 0.6) is 0 Å². The van der Waals surface area contributed by atoms with E-state index >= 15 is 0 Å². The van der Waals surface area contributed by atoms with Crippen molar-refractivity contribution in [2.24, 2.45) is 7.05 Å². The standard InChI is InChI=1S/C33H36NO/c1-19-11-14-34(8)26(15-19)29-21(3)16-20(2)28-24-17-22-9-10-25-30(23(22)18-27(24)35-31(28)29)33(6,7)13-12-32(25,4)5/h9-11,14-18H,12-13H2,1-8H3/q+1. The number of aromatic nitrogens is 1. The molecular weight excluding hydrogens is 426 g/mol. The van der Waals surface area contributed by atoms with E-state index in [1.807, 2.05) is 0 Å². The van der Waals surface area contributed by atoms with Gasteiger partial charge in [-0.15, -0.1) is 0 Å². The molecule has 0 unspecified atom stereocenters. The van der Waals surface area contributed by atoms with Crippen LogP contribution in [0.15, 0.2) is 53.1 Å². The first-order valence-electron chi connectivity index (χ1n) is 12.9. The second-order valence-electron chi connectivity index (χ2n) is 12.2. The normalized spacial score (nSPS) is 16.8. The molecule has 5 aromatic rings. The topological polar surface area (TPSA) is 17.0 Å². The van der Waals surface area contributed by atoms with Crippen molar-refractivity contribution in [2.45, 2.75) is 72.1 Å². The van der Waals surface area contributed by atoms with Crippen LogP contribution in [0.3, 0.4) is 0 Å². The average molecular weight is 463 g/mol. The monoisotopic (exact) mass is 462 g/mol. The molecule has 0 saturated heterocycles. The lowest BCUT2D eigenvalue weighted by atomic mass is 9.62. The maximum atomic E-state index is 6.80. The Hall–Kier alpha value is -3.13. The van der Waals surface area contributed by atoms with E-state index in [0.29, 0.717) is 0 Å². The minimum atomic E-state index is 0.150. The van der Waals surface area contributed by atoms with E-state index in [9.17, 15) is 0 Å². The Labute approximate surface area is 208 Å². The van der Waals surface area contributed by atoms with Gasteiger partial charge in [-0.25, -0.2) is 4.57 Å². The highest BCUT2D eigenvalue weighted by Gasteiger charge is 2.38. The van der Waals surface area contributed by atoms with Gasteiger partial charge < -0.3 is 4.42 Å². The Morgan fingerprint density at radius 2 is 1.54 bits per heavy atom. The third-order valence-electron chi connectivity index (χ3n) is 8.62. The van der Waals surface area contributed by atoms with Crippen LogP contribution in [0.2, 0.25) is 0 Å². The molecule has 2 nitrogen and oxygen atoms in total. The summed E-state index contributed by atoms with van der Waals surface area (Å²) < 4.78 is 9.00. The predicted molar refractivity (Wildman–Crippen MR) is 147 cm³/mol. The smallest absolute Gasteiger partial charge is 0.216 e. The lowest BCUT2D eigenvalue weighted by Crippen LogP contribution is -2.34. The Morgan fingerprint density at radius 3 is 2.31 bits per heavy atom. The number of rotatable bonds is 1. The number of furan rings is 1. The number of hydrogen-bond acceptors (Lipinski definition) is 1. The minimum absolute atomic E-state index is 0.150. The molecule has 3 aromatic carbocycles. The summed E-state index contributed by atoms with van der Waals surface area (Å²) in [5.74, 6) is 0. The first-order valence-corrected chi connectivity index (χ1v) is 12.9. The average Bonchev–Trinajstić information content (AvgIpc) is 3.15. The summed E-state index contributed by atoms with van der Waals surface area (Å²) in [6, 6.07) is 16.2. The maximum absolute atomic E-state index is 6.80. The van der Waals surface area contributed by atoms with Crippen molar-refractivity contribution >= 4 is 32.7 Å². The zero-order valence-corrected chi connectivity index (χ0v) is 22.4. The molecular formula is C33H36NO+. The zero-order chi connectivity index (χ0) is 24.9. The molecule has 2 aromatic heterocycles. The van der Waals surface area contributed by atoms with Crippen molar-refractivity contribution in [3.63, 3.8) is 0 Å². The highest BCUT2D eigenvalue weighted by molar-refractivity contribution is 6.15. The molecule has 0 radical (unpaired) electrons. The van der Waals surface area contributed by atoms with Crippen molar-refractivity contribution in [3.8, 4) is 11.3 Å². The molecule has 0 spiro atoms. The van der Waals surface area contributed by atoms with Crippen LogP contribution in [-0.2, 0) is 17.9 Å². The summed E-state index contributed by atoms with van der Waals surface area (Å²) in [5.41, 5.74) is 11.5. The van der Waals surface area contributed by atoms with E-state index in [1.54, 1.807) is 0 Å². The zero-order valence-electron chi connectivity index (χ0n) is 22.4. The van der Waals surface area contributed by atoms with E-state index in [1.165, 1.54) is 73.5 Å². The van der Waals surface area contributed by atoms with Crippen LogP contribution in [0, 0.1) is 20.8 Å². The molecule has 0 amide bonds. The number of pyridine rings is 1. The minimum Gasteiger partial charge on any atom is -0.455 e. The largest absolute Gasteiger partial charge is 0.455 e. The molecule has 178 valence electrons. The Bertz CT molecular complexity index is 1680. The SMILES string of the molecule is Cc1cc[n+](C)c(-c2c(C)cc(C)c3c2oc2cc4c5c(ccc4cc23)C(C)(C)CCC5(C)C)c1. The second kappa shape index (κ2) is 7.20. The van der Waals surface area contributed by atoms with Gasteiger partial charge in [-0.1, -0.05) is 45.9 Å². The van der Waals surface area contributed by atoms with Gasteiger partial charge in [0.1, 0.15) is 18.2 Å². The van der Waals surface area contributed by atoms with Crippen molar-refractivity contribution < 1.29 is 8.98 Å². The van der Waals surface area contributed by atoms with Gasteiger partial charge in [0, 0.05) is 22.9 Å². The van der Waals surface area contributed by atoms with Gasteiger partial charge in [-0.2, -0.15) is 0 Å². The van der Waals surface area contributed by atoms with E-state index in [0.717, 1.165) is 11.2 Å². The lowest BCUT2D eigenvalue weighted by molar-refractivity contribution is -0.660. The van der Waals surface area contributed by atoms with Crippen LogP contribution in [0.4, 0.5) is 0 Å². The highest BCUT2D eigenvalue weighted by atomic mass is 16.3. The molecule has 0 aliphatic heterocycles. The van der Waals surface area contributed by atoms with Crippen LogP contribution in [0.25, 0.3) is 44.0 Å². The van der Waals surface area contributed by atoms with Crippen molar-refractivity contribution in [1.82, 2.24) is 0 Å². The van der Waals surface area contributed by atoms with E-state index in [-0.39, 0.29) is 10.8 Å². The summed E-state index contributed by atoms with van der Waals surface area (Å²) in [6.07, 6.45) is 4.57. The molecule has 6 rings (SSSR count). The Kier molecular flexibility index (Phi) is 4.59. The third kappa shape index (κ3) is 3.19. The molecule has 0 bridgehead atoms. The van der Waals surface area contributed by atoms with E-state index in [4.69, 9.17) is 4.42 Å².